The Hall–Kier alpha value is -2.80. The fourth-order valence-corrected chi connectivity index (χ4v) is 2.28. The van der Waals surface area contributed by atoms with Gasteiger partial charge in [-0.15, -0.1) is 0 Å². The number of urea groups is 1. The van der Waals surface area contributed by atoms with Gasteiger partial charge in [0.15, 0.2) is 11.5 Å². The Morgan fingerprint density at radius 3 is 2.58 bits per heavy atom. The second-order valence-corrected chi connectivity index (χ2v) is 5.60. The van der Waals surface area contributed by atoms with Gasteiger partial charge >= 0.3 is 6.03 Å². The zero-order valence-corrected chi connectivity index (χ0v) is 15.1. The number of ether oxygens (including phenoxy) is 3. The number of methoxy groups -OCH3 is 2. The quantitative estimate of drug-likeness (QED) is 0.706. The van der Waals surface area contributed by atoms with Crippen molar-refractivity contribution in [2.24, 2.45) is 0 Å². The van der Waals surface area contributed by atoms with Crippen LogP contribution in [0.4, 0.5) is 14.9 Å². The molecule has 0 radical (unpaired) electrons. The van der Waals surface area contributed by atoms with E-state index in [4.69, 9.17) is 14.2 Å². The molecule has 0 fully saturated rings. The van der Waals surface area contributed by atoms with E-state index >= 15 is 0 Å². The second-order valence-electron chi connectivity index (χ2n) is 5.60. The van der Waals surface area contributed by atoms with Gasteiger partial charge in [-0.05, 0) is 36.2 Å². The van der Waals surface area contributed by atoms with Crippen molar-refractivity contribution in [1.29, 1.82) is 0 Å². The smallest absolute Gasteiger partial charge is 0.319 e. The summed E-state index contributed by atoms with van der Waals surface area (Å²) in [5.41, 5.74) is 1.92. The molecule has 7 heteroatoms. The van der Waals surface area contributed by atoms with Crippen LogP contribution in [-0.4, -0.2) is 33.5 Å². The Morgan fingerprint density at radius 1 is 1.08 bits per heavy atom. The molecule has 0 aliphatic rings. The van der Waals surface area contributed by atoms with Crippen LogP contribution in [0, 0.1) is 12.7 Å². The van der Waals surface area contributed by atoms with Gasteiger partial charge in [-0.1, -0.05) is 12.1 Å². The maximum absolute atomic E-state index is 13.3. The number of hydrogen-bond donors (Lipinski definition) is 2. The lowest BCUT2D eigenvalue weighted by molar-refractivity contribution is 0.144. The number of carbonyl (C=O) groups is 1. The van der Waals surface area contributed by atoms with Crippen LogP contribution in [0.25, 0.3) is 0 Å². The molecule has 2 aromatic carbocycles. The highest BCUT2D eigenvalue weighted by molar-refractivity contribution is 5.89. The predicted octanol–water partition coefficient (Wildman–Crippen LogP) is 3.49. The van der Waals surface area contributed by atoms with Crippen LogP contribution in [0.5, 0.6) is 11.5 Å². The highest BCUT2D eigenvalue weighted by Gasteiger charge is 2.09. The maximum Gasteiger partial charge on any atom is 0.319 e. The molecule has 6 nitrogen and oxygen atoms in total. The SMILES string of the molecule is COCCOc1cc(NC(=O)NCc2ccc(F)c(C)c2)ccc1OC. The number of nitrogens with one attached hydrogen (secondary N) is 2. The van der Waals surface area contributed by atoms with Crippen molar-refractivity contribution in [3.8, 4) is 11.5 Å². The molecule has 0 aliphatic carbocycles. The number of halogens is 1. The molecule has 0 atom stereocenters. The van der Waals surface area contributed by atoms with Crippen LogP contribution < -0.4 is 20.1 Å². The number of benzene rings is 2. The largest absolute Gasteiger partial charge is 0.493 e. The van der Waals surface area contributed by atoms with Gasteiger partial charge in [0.25, 0.3) is 0 Å². The van der Waals surface area contributed by atoms with Gasteiger partial charge in [0.2, 0.25) is 0 Å². The van der Waals surface area contributed by atoms with E-state index in [0.717, 1.165) is 5.56 Å². The zero-order valence-electron chi connectivity index (χ0n) is 15.1. The normalized spacial score (nSPS) is 10.3. The monoisotopic (exact) mass is 362 g/mol. The highest BCUT2D eigenvalue weighted by atomic mass is 19.1. The molecule has 0 bridgehead atoms. The Balaban J connectivity index is 1.94. The number of anilines is 1. The number of amides is 2. The molecular formula is C19H23FN2O4. The molecule has 0 unspecified atom stereocenters. The molecule has 0 spiro atoms. The van der Waals surface area contributed by atoms with Crippen molar-refractivity contribution in [3.63, 3.8) is 0 Å². The average Bonchev–Trinajstić information content (AvgIpc) is 2.63. The molecule has 2 rings (SSSR count). The first kappa shape index (κ1) is 19.5. The molecule has 0 saturated heterocycles. The number of hydrogen-bond acceptors (Lipinski definition) is 4. The van der Waals surface area contributed by atoms with E-state index in [9.17, 15) is 9.18 Å². The summed E-state index contributed by atoms with van der Waals surface area (Å²) in [5.74, 6) is 0.808. The minimum atomic E-state index is -0.375. The van der Waals surface area contributed by atoms with Crippen molar-refractivity contribution in [3.05, 3.63) is 53.3 Å². The van der Waals surface area contributed by atoms with E-state index in [1.54, 1.807) is 51.5 Å². The third-order valence-electron chi connectivity index (χ3n) is 3.64. The summed E-state index contributed by atoms with van der Waals surface area (Å²) in [5, 5.41) is 5.46. The Bertz CT molecular complexity index is 752. The molecule has 2 N–H and O–H groups in total. The number of aryl methyl sites for hydroxylation is 1. The van der Waals surface area contributed by atoms with Gasteiger partial charge in [0.1, 0.15) is 12.4 Å². The summed E-state index contributed by atoms with van der Waals surface area (Å²) in [6, 6.07) is 9.45. The molecule has 26 heavy (non-hydrogen) atoms. The van der Waals surface area contributed by atoms with E-state index in [1.165, 1.54) is 6.07 Å². The highest BCUT2D eigenvalue weighted by Crippen LogP contribution is 2.30. The fraction of sp³-hybridized carbons (Fsp3) is 0.316. The lowest BCUT2D eigenvalue weighted by atomic mass is 10.1. The van der Waals surface area contributed by atoms with Crippen molar-refractivity contribution in [2.75, 3.05) is 32.8 Å². The Labute approximate surface area is 152 Å². The van der Waals surface area contributed by atoms with Gasteiger partial charge < -0.3 is 24.8 Å². The van der Waals surface area contributed by atoms with Crippen molar-refractivity contribution >= 4 is 11.7 Å². The van der Waals surface area contributed by atoms with Crippen molar-refractivity contribution in [1.82, 2.24) is 5.32 Å². The van der Waals surface area contributed by atoms with Crippen LogP contribution in [-0.2, 0) is 11.3 Å². The van der Waals surface area contributed by atoms with E-state index in [1.807, 2.05) is 0 Å². The number of rotatable bonds is 8. The average molecular weight is 362 g/mol. The number of carbonyl (C=O) groups excluding carboxylic acids is 1. The molecule has 140 valence electrons. The first-order valence-corrected chi connectivity index (χ1v) is 8.13. The Kier molecular flexibility index (Phi) is 7.23. The zero-order chi connectivity index (χ0) is 18.9. The minimum Gasteiger partial charge on any atom is -0.493 e. The minimum absolute atomic E-state index is 0.266. The molecule has 2 aromatic rings. The first-order valence-electron chi connectivity index (χ1n) is 8.13. The molecular weight excluding hydrogens is 339 g/mol. The third-order valence-corrected chi connectivity index (χ3v) is 3.64. The summed E-state index contributed by atoms with van der Waals surface area (Å²) in [7, 11) is 3.13. The van der Waals surface area contributed by atoms with Crippen molar-refractivity contribution in [2.45, 2.75) is 13.5 Å². The summed E-state index contributed by atoms with van der Waals surface area (Å²) >= 11 is 0. The first-order chi connectivity index (χ1) is 12.5. The molecule has 0 aromatic heterocycles. The van der Waals surface area contributed by atoms with Crippen LogP contribution in [0.1, 0.15) is 11.1 Å². The lowest BCUT2D eigenvalue weighted by Gasteiger charge is -2.13. The molecule has 0 heterocycles. The van der Waals surface area contributed by atoms with E-state index < -0.39 is 0 Å². The predicted molar refractivity (Wildman–Crippen MR) is 97.4 cm³/mol. The maximum atomic E-state index is 13.3. The van der Waals surface area contributed by atoms with Crippen LogP contribution in [0.3, 0.4) is 0 Å². The summed E-state index contributed by atoms with van der Waals surface area (Å²) in [4.78, 5) is 12.1. The standard InChI is InChI=1S/C19H23FN2O4/c1-13-10-14(4-6-16(13)20)12-21-19(23)22-15-5-7-17(25-3)18(11-15)26-9-8-24-2/h4-7,10-11H,8-9,12H2,1-3H3,(H2,21,22,23). The van der Waals surface area contributed by atoms with E-state index in [-0.39, 0.29) is 11.8 Å². The van der Waals surface area contributed by atoms with Crippen LogP contribution in [0.2, 0.25) is 0 Å². The molecule has 0 saturated carbocycles. The fourth-order valence-electron chi connectivity index (χ4n) is 2.28. The third kappa shape index (κ3) is 5.63. The van der Waals surface area contributed by atoms with Gasteiger partial charge in [0.05, 0.1) is 13.7 Å². The van der Waals surface area contributed by atoms with E-state index in [2.05, 4.69) is 10.6 Å². The lowest BCUT2D eigenvalue weighted by Crippen LogP contribution is -2.28. The van der Waals surface area contributed by atoms with E-state index in [0.29, 0.717) is 42.5 Å². The molecule has 0 aliphatic heterocycles. The van der Waals surface area contributed by atoms with Gasteiger partial charge in [-0.25, -0.2) is 9.18 Å². The molecule has 2 amide bonds. The van der Waals surface area contributed by atoms with Gasteiger partial charge in [0, 0.05) is 25.4 Å². The summed E-state index contributed by atoms with van der Waals surface area (Å²) < 4.78 is 29.0. The van der Waals surface area contributed by atoms with Gasteiger partial charge in [-0.2, -0.15) is 0 Å². The summed E-state index contributed by atoms with van der Waals surface area (Å²) in [6.07, 6.45) is 0. The Morgan fingerprint density at radius 2 is 1.88 bits per heavy atom. The van der Waals surface area contributed by atoms with Crippen LogP contribution >= 0.6 is 0 Å². The summed E-state index contributed by atoms with van der Waals surface area (Å²) in [6.45, 7) is 2.78. The second kappa shape index (κ2) is 9.62. The van der Waals surface area contributed by atoms with Gasteiger partial charge in [-0.3, -0.25) is 0 Å². The topological polar surface area (TPSA) is 68.8 Å². The van der Waals surface area contributed by atoms with Crippen molar-refractivity contribution < 1.29 is 23.4 Å². The van der Waals surface area contributed by atoms with Crippen LogP contribution in [0.15, 0.2) is 36.4 Å².